The second-order valence-corrected chi connectivity index (χ2v) is 17.1. The van der Waals surface area contributed by atoms with Gasteiger partial charge in [-0.2, -0.15) is 4.31 Å². The molecule has 1 unspecified atom stereocenters. The van der Waals surface area contributed by atoms with Crippen molar-refractivity contribution in [3.8, 4) is 5.75 Å². The molecule has 3 aromatic rings. The van der Waals surface area contributed by atoms with Gasteiger partial charge in [-0.1, -0.05) is 30.3 Å². The molecule has 2 aliphatic heterocycles. The van der Waals surface area contributed by atoms with Crippen LogP contribution >= 0.6 is 0 Å². The molecule has 0 aromatic heterocycles. The summed E-state index contributed by atoms with van der Waals surface area (Å²) in [5.74, 6) is 0.379. The van der Waals surface area contributed by atoms with E-state index in [4.69, 9.17) is 14.2 Å². The molecule has 5 rings (SSSR count). The third kappa shape index (κ3) is 8.00. The molecular weight excluding hydrogens is 633 g/mol. The highest BCUT2D eigenvalue weighted by Gasteiger charge is 2.47. The number of aliphatic hydroxyl groups is 1. The SMILES string of the molecule is CC(C)(C)OC(=O)N(C[C@H](O)COc1ccc(S(C)(=O)=O)cc1)C1COC2(CCN(S(=O)(=O)c3ccc4ccccc4c3)CC2)C1. The van der Waals surface area contributed by atoms with Crippen molar-refractivity contribution in [3.05, 3.63) is 66.7 Å². The van der Waals surface area contributed by atoms with E-state index in [-0.39, 0.29) is 42.6 Å². The van der Waals surface area contributed by atoms with Gasteiger partial charge < -0.3 is 24.2 Å². The number of benzene rings is 3. The molecule has 2 heterocycles. The summed E-state index contributed by atoms with van der Waals surface area (Å²) in [5, 5.41) is 12.7. The van der Waals surface area contributed by atoms with Gasteiger partial charge in [-0.3, -0.25) is 0 Å². The van der Waals surface area contributed by atoms with Gasteiger partial charge in [-0.15, -0.1) is 0 Å². The minimum absolute atomic E-state index is 0.0804. The fourth-order valence-corrected chi connectivity index (χ4v) is 8.04. The van der Waals surface area contributed by atoms with Crippen LogP contribution in [0.4, 0.5) is 4.79 Å². The van der Waals surface area contributed by atoms with Gasteiger partial charge in [0.25, 0.3) is 0 Å². The van der Waals surface area contributed by atoms with E-state index in [0.29, 0.717) is 25.0 Å². The normalized spacial score (nSPS) is 19.6. The van der Waals surface area contributed by atoms with Gasteiger partial charge in [0.05, 0.1) is 34.6 Å². The number of carbonyl (C=O) groups is 1. The van der Waals surface area contributed by atoms with Gasteiger partial charge in [0.15, 0.2) is 9.84 Å². The van der Waals surface area contributed by atoms with Crippen molar-refractivity contribution >= 4 is 36.7 Å². The van der Waals surface area contributed by atoms with E-state index in [1.807, 2.05) is 30.3 Å². The Morgan fingerprint density at radius 1 is 1.00 bits per heavy atom. The molecule has 0 bridgehead atoms. The number of rotatable bonds is 9. The number of piperidine rings is 1. The van der Waals surface area contributed by atoms with Crippen LogP contribution in [-0.2, 0) is 29.3 Å². The highest BCUT2D eigenvalue weighted by molar-refractivity contribution is 7.90. The molecule has 13 heteroatoms. The molecule has 2 fully saturated rings. The molecular formula is C33H42N2O9S2. The summed E-state index contributed by atoms with van der Waals surface area (Å²) in [6.45, 7) is 5.85. The molecule has 1 spiro atoms. The monoisotopic (exact) mass is 674 g/mol. The van der Waals surface area contributed by atoms with Crippen LogP contribution in [0.2, 0.25) is 0 Å². The number of aliphatic hydroxyl groups excluding tert-OH is 1. The van der Waals surface area contributed by atoms with Crippen molar-refractivity contribution in [3.63, 3.8) is 0 Å². The van der Waals surface area contributed by atoms with Crippen LogP contribution in [0.15, 0.2) is 76.5 Å². The Labute approximate surface area is 271 Å². The Bertz CT molecular complexity index is 1760. The van der Waals surface area contributed by atoms with Gasteiger partial charge in [0.2, 0.25) is 10.0 Å². The Kier molecular flexibility index (Phi) is 9.72. The fourth-order valence-electron chi connectivity index (χ4n) is 5.93. The van der Waals surface area contributed by atoms with E-state index in [9.17, 15) is 26.7 Å². The number of amides is 1. The van der Waals surface area contributed by atoms with Crippen molar-refractivity contribution in [1.82, 2.24) is 9.21 Å². The highest BCUT2D eigenvalue weighted by Crippen LogP contribution is 2.39. The van der Waals surface area contributed by atoms with Gasteiger partial charge in [-0.25, -0.2) is 21.6 Å². The minimum Gasteiger partial charge on any atom is -0.491 e. The predicted octanol–water partition coefficient (Wildman–Crippen LogP) is 4.23. The van der Waals surface area contributed by atoms with Crippen molar-refractivity contribution in [1.29, 1.82) is 0 Å². The number of carbonyl (C=O) groups excluding carboxylic acids is 1. The maximum Gasteiger partial charge on any atom is 0.410 e. The maximum atomic E-state index is 13.5. The summed E-state index contributed by atoms with van der Waals surface area (Å²) in [4.78, 5) is 15.2. The molecule has 1 amide bonds. The van der Waals surface area contributed by atoms with Crippen molar-refractivity contribution in [2.75, 3.05) is 39.1 Å². The number of fused-ring (bicyclic) bond motifs is 1. The first-order valence-corrected chi connectivity index (χ1v) is 18.6. The van der Waals surface area contributed by atoms with E-state index in [2.05, 4.69) is 0 Å². The van der Waals surface area contributed by atoms with Crippen LogP contribution < -0.4 is 4.74 Å². The number of hydrogen-bond donors (Lipinski definition) is 1. The standard InChI is InChI=1S/C33H42N2O9S2/c1-32(2,3)44-31(37)35(21-27(36)23-42-28-10-13-29(14-11-28)45(4,38)39)26-20-33(43-22-26)15-17-34(18-16-33)46(40,41)30-12-9-24-7-5-6-8-25(24)19-30/h5-14,19,26-27,36H,15-18,20-23H2,1-4H3/t26?,27-/m0/s1. The van der Waals surface area contributed by atoms with Crippen molar-refractivity contribution in [2.45, 2.75) is 73.2 Å². The van der Waals surface area contributed by atoms with E-state index >= 15 is 0 Å². The van der Waals surface area contributed by atoms with E-state index < -0.39 is 49.3 Å². The zero-order chi connectivity index (χ0) is 33.3. The lowest BCUT2D eigenvalue weighted by Gasteiger charge is -2.38. The molecule has 0 radical (unpaired) electrons. The first-order chi connectivity index (χ1) is 21.5. The first-order valence-electron chi connectivity index (χ1n) is 15.3. The minimum atomic E-state index is -3.70. The largest absolute Gasteiger partial charge is 0.491 e. The molecule has 3 aromatic carbocycles. The Morgan fingerprint density at radius 2 is 1.63 bits per heavy atom. The zero-order valence-corrected chi connectivity index (χ0v) is 28.2. The maximum absolute atomic E-state index is 13.5. The summed E-state index contributed by atoms with van der Waals surface area (Å²) in [6.07, 6.45) is 0.850. The van der Waals surface area contributed by atoms with Crippen LogP contribution in [0.5, 0.6) is 5.75 Å². The zero-order valence-electron chi connectivity index (χ0n) is 26.6. The molecule has 11 nitrogen and oxygen atoms in total. The Hall–Kier alpha value is -3.23. The smallest absolute Gasteiger partial charge is 0.410 e. The predicted molar refractivity (Wildman–Crippen MR) is 173 cm³/mol. The van der Waals surface area contributed by atoms with E-state index in [1.54, 1.807) is 32.9 Å². The summed E-state index contributed by atoms with van der Waals surface area (Å²) >= 11 is 0. The van der Waals surface area contributed by atoms with Crippen molar-refractivity contribution in [2.24, 2.45) is 0 Å². The summed E-state index contributed by atoms with van der Waals surface area (Å²) < 4.78 is 69.6. The van der Waals surface area contributed by atoms with Crippen LogP contribution in [-0.4, -0.2) is 99.7 Å². The second kappa shape index (κ2) is 13.1. The quantitative estimate of drug-likeness (QED) is 0.353. The van der Waals surface area contributed by atoms with Crippen molar-refractivity contribution < 1.29 is 40.9 Å². The summed E-state index contributed by atoms with van der Waals surface area (Å²) in [6, 6.07) is 18.3. The summed E-state index contributed by atoms with van der Waals surface area (Å²) in [7, 11) is -7.05. The van der Waals surface area contributed by atoms with Gasteiger partial charge in [-0.05, 0) is 87.2 Å². The molecule has 1 N–H and O–H groups in total. The first kappa shape index (κ1) is 34.1. The van der Waals surface area contributed by atoms with Crippen LogP contribution in [0.1, 0.15) is 40.0 Å². The van der Waals surface area contributed by atoms with Gasteiger partial charge >= 0.3 is 6.09 Å². The van der Waals surface area contributed by atoms with E-state index in [1.165, 1.54) is 33.5 Å². The highest BCUT2D eigenvalue weighted by atomic mass is 32.2. The second-order valence-electron chi connectivity index (χ2n) is 13.1. The molecule has 0 saturated carbocycles. The molecule has 2 saturated heterocycles. The third-order valence-electron chi connectivity index (χ3n) is 8.35. The molecule has 250 valence electrons. The average Bonchev–Trinajstić information content (AvgIpc) is 3.40. The Morgan fingerprint density at radius 3 is 2.26 bits per heavy atom. The van der Waals surface area contributed by atoms with Crippen LogP contribution in [0, 0.1) is 0 Å². The Balaban J connectivity index is 1.22. The lowest BCUT2D eigenvalue weighted by Crippen LogP contribution is -2.50. The number of hydrogen-bond acceptors (Lipinski definition) is 9. The van der Waals surface area contributed by atoms with Crippen LogP contribution in [0.25, 0.3) is 10.8 Å². The average molecular weight is 675 g/mol. The lowest BCUT2D eigenvalue weighted by molar-refractivity contribution is -0.0329. The molecule has 46 heavy (non-hydrogen) atoms. The molecule has 2 atom stereocenters. The molecule has 0 aliphatic carbocycles. The topological polar surface area (TPSA) is 140 Å². The fraction of sp³-hybridized carbons (Fsp3) is 0.485. The van der Waals surface area contributed by atoms with Gasteiger partial charge in [0, 0.05) is 19.3 Å². The van der Waals surface area contributed by atoms with Gasteiger partial charge in [0.1, 0.15) is 24.1 Å². The number of sulfone groups is 1. The summed E-state index contributed by atoms with van der Waals surface area (Å²) in [5.41, 5.74) is -1.37. The number of ether oxygens (including phenoxy) is 3. The number of nitrogens with zero attached hydrogens (tertiary/aromatic N) is 2. The lowest BCUT2D eigenvalue weighted by atomic mass is 9.88. The van der Waals surface area contributed by atoms with Crippen LogP contribution in [0.3, 0.4) is 0 Å². The van der Waals surface area contributed by atoms with E-state index in [0.717, 1.165) is 17.0 Å². The number of sulfonamides is 1. The third-order valence-corrected chi connectivity index (χ3v) is 11.4. The molecule has 2 aliphatic rings.